The lowest BCUT2D eigenvalue weighted by Crippen LogP contribution is -2.37. The van der Waals surface area contributed by atoms with Crippen molar-refractivity contribution in [2.75, 3.05) is 24.7 Å². The normalized spacial score (nSPS) is 11.4. The molecule has 0 atom stereocenters. The minimum Gasteiger partial charge on any atom is -0.492 e. The van der Waals surface area contributed by atoms with Gasteiger partial charge in [-0.05, 0) is 31.5 Å². The molecule has 0 saturated heterocycles. The Balaban J connectivity index is 2.12. The number of para-hydroxylation sites is 2. The fourth-order valence-corrected chi connectivity index (χ4v) is 3.24. The number of nitrogens with one attached hydrogen (secondary N) is 1. The molecule has 0 spiro atoms. The van der Waals surface area contributed by atoms with E-state index in [9.17, 15) is 13.2 Å². The summed E-state index contributed by atoms with van der Waals surface area (Å²) in [6.45, 7) is 4.13. The molecule has 0 aromatic heterocycles. The highest BCUT2D eigenvalue weighted by Crippen LogP contribution is 2.23. The zero-order valence-electron chi connectivity index (χ0n) is 15.2. The van der Waals surface area contributed by atoms with E-state index in [0.29, 0.717) is 18.0 Å². The van der Waals surface area contributed by atoms with Crippen molar-refractivity contribution in [3.05, 3.63) is 59.7 Å². The molecule has 2 rings (SSSR count). The van der Waals surface area contributed by atoms with Gasteiger partial charge in [0, 0.05) is 6.54 Å². The molecule has 1 amide bonds. The summed E-state index contributed by atoms with van der Waals surface area (Å²) in [5.41, 5.74) is 2.38. The van der Waals surface area contributed by atoms with Crippen LogP contribution in [0.3, 0.4) is 0 Å². The second-order valence-corrected chi connectivity index (χ2v) is 7.98. The molecule has 140 valence electrons. The van der Waals surface area contributed by atoms with Gasteiger partial charge in [-0.2, -0.15) is 4.31 Å². The van der Waals surface area contributed by atoms with Gasteiger partial charge in [-0.15, -0.1) is 0 Å². The Morgan fingerprint density at radius 2 is 1.88 bits per heavy atom. The molecule has 0 heterocycles. The van der Waals surface area contributed by atoms with Crippen LogP contribution in [0.1, 0.15) is 18.1 Å². The van der Waals surface area contributed by atoms with Crippen molar-refractivity contribution in [1.82, 2.24) is 4.31 Å². The summed E-state index contributed by atoms with van der Waals surface area (Å²) in [4.78, 5) is 12.4. The molecular weight excluding hydrogens is 352 g/mol. The molecule has 1 N–H and O–H groups in total. The molecule has 0 saturated carbocycles. The number of hydrogen-bond donors (Lipinski definition) is 1. The number of amides is 1. The zero-order chi connectivity index (χ0) is 19.2. The molecule has 0 bridgehead atoms. The van der Waals surface area contributed by atoms with Crippen LogP contribution >= 0.6 is 0 Å². The van der Waals surface area contributed by atoms with E-state index in [1.54, 1.807) is 24.3 Å². The third kappa shape index (κ3) is 5.86. The van der Waals surface area contributed by atoms with Crippen LogP contribution in [-0.2, 0) is 21.4 Å². The maximum absolute atomic E-state index is 12.4. The van der Waals surface area contributed by atoms with E-state index < -0.39 is 15.9 Å². The van der Waals surface area contributed by atoms with E-state index in [-0.39, 0.29) is 13.1 Å². The van der Waals surface area contributed by atoms with Crippen molar-refractivity contribution in [1.29, 1.82) is 0 Å². The molecule has 0 aliphatic heterocycles. The fraction of sp³-hybridized carbons (Fsp3) is 0.316. The zero-order valence-corrected chi connectivity index (χ0v) is 16.0. The molecule has 0 aliphatic rings. The van der Waals surface area contributed by atoms with Crippen LogP contribution in [0.15, 0.2) is 48.5 Å². The predicted octanol–water partition coefficient (Wildman–Crippen LogP) is 2.79. The Kier molecular flexibility index (Phi) is 6.76. The first-order valence-electron chi connectivity index (χ1n) is 8.32. The van der Waals surface area contributed by atoms with Gasteiger partial charge in [-0.3, -0.25) is 4.79 Å². The van der Waals surface area contributed by atoms with Crippen molar-refractivity contribution in [3.63, 3.8) is 0 Å². The number of carbonyl (C=O) groups is 1. The number of rotatable bonds is 8. The summed E-state index contributed by atoms with van der Waals surface area (Å²) in [7, 11) is -3.54. The molecule has 7 heteroatoms. The lowest BCUT2D eigenvalue weighted by molar-refractivity contribution is -0.116. The summed E-state index contributed by atoms with van der Waals surface area (Å²) in [6.07, 6.45) is 1.10. The van der Waals surface area contributed by atoms with Gasteiger partial charge in [-0.1, -0.05) is 42.0 Å². The highest BCUT2D eigenvalue weighted by molar-refractivity contribution is 7.88. The topological polar surface area (TPSA) is 75.7 Å². The van der Waals surface area contributed by atoms with E-state index in [0.717, 1.165) is 21.7 Å². The van der Waals surface area contributed by atoms with Crippen molar-refractivity contribution < 1.29 is 17.9 Å². The molecule has 26 heavy (non-hydrogen) atoms. The van der Waals surface area contributed by atoms with E-state index in [1.807, 2.05) is 38.1 Å². The Morgan fingerprint density at radius 3 is 2.54 bits per heavy atom. The minimum atomic E-state index is -3.54. The number of nitrogens with zero attached hydrogens (tertiary/aromatic N) is 1. The number of hydrogen-bond acceptors (Lipinski definition) is 4. The van der Waals surface area contributed by atoms with Crippen molar-refractivity contribution in [2.24, 2.45) is 0 Å². The second-order valence-electron chi connectivity index (χ2n) is 6.00. The van der Waals surface area contributed by atoms with Crippen molar-refractivity contribution in [3.8, 4) is 5.75 Å². The van der Waals surface area contributed by atoms with E-state index in [2.05, 4.69) is 5.32 Å². The van der Waals surface area contributed by atoms with Crippen molar-refractivity contribution in [2.45, 2.75) is 20.4 Å². The fourth-order valence-electron chi connectivity index (χ4n) is 2.51. The largest absolute Gasteiger partial charge is 0.492 e. The molecule has 6 nitrogen and oxygen atoms in total. The minimum absolute atomic E-state index is 0.140. The third-order valence-corrected chi connectivity index (χ3v) is 4.89. The van der Waals surface area contributed by atoms with Crippen LogP contribution in [0.2, 0.25) is 0 Å². The van der Waals surface area contributed by atoms with Crippen LogP contribution in [0.4, 0.5) is 5.69 Å². The smallest absolute Gasteiger partial charge is 0.239 e. The first-order chi connectivity index (χ1) is 12.3. The summed E-state index contributed by atoms with van der Waals surface area (Å²) in [5, 5.41) is 2.73. The number of anilines is 1. The molecule has 0 fully saturated rings. The molecule has 0 aliphatic carbocycles. The van der Waals surface area contributed by atoms with Gasteiger partial charge in [0.05, 0.1) is 25.1 Å². The van der Waals surface area contributed by atoms with Gasteiger partial charge in [0.15, 0.2) is 0 Å². The predicted molar refractivity (Wildman–Crippen MR) is 103 cm³/mol. The molecular formula is C19H24N2O4S. The van der Waals surface area contributed by atoms with Gasteiger partial charge in [0.2, 0.25) is 15.9 Å². The first kappa shape index (κ1) is 19.9. The lowest BCUT2D eigenvalue weighted by Gasteiger charge is -2.20. The Bertz CT molecular complexity index is 865. The summed E-state index contributed by atoms with van der Waals surface area (Å²) >= 11 is 0. The standard InChI is InChI=1S/C19H24N2O4S/c1-4-25-18-11-6-5-10-17(18)20-19(22)14-21(26(3,23)24)13-16-9-7-8-15(2)12-16/h5-12H,4,13-14H2,1-3H3,(H,20,22). The van der Waals surface area contributed by atoms with Gasteiger partial charge in [-0.25, -0.2) is 8.42 Å². The van der Waals surface area contributed by atoms with E-state index >= 15 is 0 Å². The van der Waals surface area contributed by atoms with Crippen LogP contribution in [0.25, 0.3) is 0 Å². The highest BCUT2D eigenvalue weighted by atomic mass is 32.2. The van der Waals surface area contributed by atoms with Gasteiger partial charge in [0.1, 0.15) is 5.75 Å². The van der Waals surface area contributed by atoms with Gasteiger partial charge < -0.3 is 10.1 Å². The average Bonchev–Trinajstić information content (AvgIpc) is 2.55. The number of ether oxygens (including phenoxy) is 1. The monoisotopic (exact) mass is 376 g/mol. The highest BCUT2D eigenvalue weighted by Gasteiger charge is 2.21. The molecule has 0 radical (unpaired) electrons. The summed E-state index contributed by atoms with van der Waals surface area (Å²) in [5.74, 6) is 0.128. The quantitative estimate of drug-likeness (QED) is 0.769. The number of sulfonamides is 1. The summed E-state index contributed by atoms with van der Waals surface area (Å²) < 4.78 is 30.8. The van der Waals surface area contributed by atoms with Crippen LogP contribution in [0.5, 0.6) is 5.75 Å². The summed E-state index contributed by atoms with van der Waals surface area (Å²) in [6, 6.07) is 14.6. The molecule has 2 aromatic rings. The third-order valence-electron chi connectivity index (χ3n) is 3.69. The maximum Gasteiger partial charge on any atom is 0.239 e. The maximum atomic E-state index is 12.4. The van der Waals surface area contributed by atoms with Gasteiger partial charge >= 0.3 is 0 Å². The SMILES string of the molecule is CCOc1ccccc1NC(=O)CN(Cc1cccc(C)c1)S(C)(=O)=O. The number of aryl methyl sites for hydroxylation is 1. The van der Waals surface area contributed by atoms with Crippen LogP contribution in [-0.4, -0.2) is 38.0 Å². The first-order valence-corrected chi connectivity index (χ1v) is 10.2. The average molecular weight is 376 g/mol. The lowest BCUT2D eigenvalue weighted by atomic mass is 10.1. The van der Waals surface area contributed by atoms with E-state index in [4.69, 9.17) is 4.74 Å². The van der Waals surface area contributed by atoms with Crippen molar-refractivity contribution >= 4 is 21.6 Å². The molecule has 0 unspecified atom stereocenters. The second kappa shape index (κ2) is 8.82. The Hall–Kier alpha value is -2.38. The van der Waals surface area contributed by atoms with Crippen LogP contribution in [0, 0.1) is 6.92 Å². The van der Waals surface area contributed by atoms with E-state index in [1.165, 1.54) is 0 Å². The Labute approximate surface area is 154 Å². The number of carbonyl (C=O) groups excluding carboxylic acids is 1. The van der Waals surface area contributed by atoms with Crippen LogP contribution < -0.4 is 10.1 Å². The Morgan fingerprint density at radius 1 is 1.15 bits per heavy atom. The van der Waals surface area contributed by atoms with Gasteiger partial charge in [0.25, 0.3) is 0 Å². The number of benzene rings is 2. The molecule has 2 aromatic carbocycles.